The number of carbonyl (C=O) groups excluding carboxylic acids is 1. The van der Waals surface area contributed by atoms with E-state index in [0.717, 1.165) is 16.7 Å². The topological polar surface area (TPSA) is 81.9 Å². The van der Waals surface area contributed by atoms with Crippen molar-refractivity contribution in [3.05, 3.63) is 135 Å². The van der Waals surface area contributed by atoms with Crippen LogP contribution in [0.2, 0.25) is 0 Å². The predicted octanol–water partition coefficient (Wildman–Crippen LogP) is 6.03. The number of nitro groups is 1. The molecule has 0 atom stereocenters. The van der Waals surface area contributed by atoms with Crippen LogP contribution in [0, 0.1) is 10.1 Å². The number of benzene rings is 4. The fraction of sp³-hybridized carbons (Fsp3) is 0.138. The van der Waals surface area contributed by atoms with Crippen LogP contribution in [0.15, 0.2) is 103 Å². The van der Waals surface area contributed by atoms with E-state index in [1.807, 2.05) is 78.9 Å². The molecule has 4 rings (SSSR count). The zero-order chi connectivity index (χ0) is 25.3. The van der Waals surface area contributed by atoms with Crippen molar-refractivity contribution in [3.63, 3.8) is 0 Å². The molecule has 4 aromatic carbocycles. The van der Waals surface area contributed by atoms with Gasteiger partial charge in [-0.05, 0) is 34.9 Å². The van der Waals surface area contributed by atoms with Crippen molar-refractivity contribution in [2.75, 3.05) is 7.11 Å². The van der Waals surface area contributed by atoms with Gasteiger partial charge in [0.05, 0.1) is 12.0 Å². The summed E-state index contributed by atoms with van der Waals surface area (Å²) in [4.78, 5) is 25.8. The number of non-ortho nitro benzene ring substituents is 1. The zero-order valence-corrected chi connectivity index (χ0v) is 19.9. The molecule has 4 aromatic rings. The smallest absolute Gasteiger partial charge is 0.270 e. The quantitative estimate of drug-likeness (QED) is 0.204. The predicted molar refractivity (Wildman–Crippen MR) is 137 cm³/mol. The Hall–Kier alpha value is -4.65. The van der Waals surface area contributed by atoms with Gasteiger partial charge in [-0.25, -0.2) is 0 Å². The first-order chi connectivity index (χ1) is 17.5. The van der Waals surface area contributed by atoms with Gasteiger partial charge in [-0.15, -0.1) is 0 Å². The second-order valence-electron chi connectivity index (χ2n) is 8.21. The number of nitrogens with zero attached hydrogens (tertiary/aromatic N) is 2. The highest BCUT2D eigenvalue weighted by Gasteiger charge is 2.20. The minimum atomic E-state index is -0.503. The fourth-order valence-electron chi connectivity index (χ4n) is 3.82. The molecule has 182 valence electrons. The van der Waals surface area contributed by atoms with Crippen molar-refractivity contribution in [3.8, 4) is 11.5 Å². The number of carbonyl (C=O) groups is 1. The van der Waals surface area contributed by atoms with Crippen molar-refractivity contribution in [2.45, 2.75) is 19.7 Å². The Bertz CT molecular complexity index is 1330. The molecular weight excluding hydrogens is 456 g/mol. The molecule has 0 bridgehead atoms. The third-order valence-electron chi connectivity index (χ3n) is 5.65. The highest BCUT2D eigenvalue weighted by atomic mass is 16.6. The Balaban J connectivity index is 1.57. The normalized spacial score (nSPS) is 10.5. The first-order valence-electron chi connectivity index (χ1n) is 11.4. The van der Waals surface area contributed by atoms with Gasteiger partial charge in [-0.3, -0.25) is 14.9 Å². The minimum Gasteiger partial charge on any atom is -0.493 e. The number of amides is 1. The van der Waals surface area contributed by atoms with E-state index >= 15 is 0 Å². The van der Waals surface area contributed by atoms with Crippen molar-refractivity contribution < 1.29 is 19.2 Å². The third-order valence-corrected chi connectivity index (χ3v) is 5.65. The second-order valence-corrected chi connectivity index (χ2v) is 8.21. The zero-order valence-electron chi connectivity index (χ0n) is 19.9. The van der Waals surface area contributed by atoms with Crippen molar-refractivity contribution in [1.29, 1.82) is 0 Å². The molecule has 0 heterocycles. The molecule has 7 heteroatoms. The highest BCUT2D eigenvalue weighted by Crippen LogP contribution is 2.30. The van der Waals surface area contributed by atoms with E-state index in [0.29, 0.717) is 24.7 Å². The van der Waals surface area contributed by atoms with Crippen LogP contribution in [0.4, 0.5) is 5.69 Å². The average Bonchev–Trinajstić information content (AvgIpc) is 2.92. The van der Waals surface area contributed by atoms with Crippen LogP contribution < -0.4 is 9.47 Å². The standard InChI is InChI=1S/C29H26N2O5/c1-35-28-17-24(15-16-27(28)36-21-23-11-6-3-7-12-23)20-30(19-22-9-4-2-5-10-22)29(32)25-13-8-14-26(18-25)31(33)34/h2-18H,19-21H2,1H3. The molecule has 0 N–H and O–H groups in total. The Labute approximate surface area is 209 Å². The van der Waals surface area contributed by atoms with Crippen LogP contribution in [0.1, 0.15) is 27.0 Å². The Morgan fingerprint density at radius 1 is 0.778 bits per heavy atom. The molecule has 0 aliphatic heterocycles. The van der Waals surface area contributed by atoms with Gasteiger partial charge in [0.2, 0.25) is 0 Å². The number of rotatable bonds is 10. The molecule has 0 aliphatic rings. The molecule has 36 heavy (non-hydrogen) atoms. The van der Waals surface area contributed by atoms with Crippen LogP contribution >= 0.6 is 0 Å². The van der Waals surface area contributed by atoms with Gasteiger partial charge in [-0.2, -0.15) is 0 Å². The summed E-state index contributed by atoms with van der Waals surface area (Å²) in [6.07, 6.45) is 0. The molecular formula is C29H26N2O5. The van der Waals surface area contributed by atoms with Crippen molar-refractivity contribution >= 4 is 11.6 Å². The number of nitro benzene ring substituents is 1. The van der Waals surface area contributed by atoms with Gasteiger partial charge in [0.1, 0.15) is 6.61 Å². The van der Waals surface area contributed by atoms with E-state index in [9.17, 15) is 14.9 Å². The number of methoxy groups -OCH3 is 1. The minimum absolute atomic E-state index is 0.123. The van der Waals surface area contributed by atoms with Gasteiger partial charge < -0.3 is 14.4 Å². The summed E-state index contributed by atoms with van der Waals surface area (Å²) in [7, 11) is 1.57. The first-order valence-corrected chi connectivity index (χ1v) is 11.4. The van der Waals surface area contributed by atoms with Crippen LogP contribution in [0.25, 0.3) is 0 Å². The Kier molecular flexibility index (Phi) is 7.93. The fourth-order valence-corrected chi connectivity index (χ4v) is 3.82. The van der Waals surface area contributed by atoms with E-state index in [-0.39, 0.29) is 23.7 Å². The molecule has 0 saturated carbocycles. The molecule has 0 saturated heterocycles. The maximum absolute atomic E-state index is 13.5. The lowest BCUT2D eigenvalue weighted by Gasteiger charge is -2.24. The molecule has 0 radical (unpaired) electrons. The highest BCUT2D eigenvalue weighted by molar-refractivity contribution is 5.94. The third kappa shape index (κ3) is 6.27. The van der Waals surface area contributed by atoms with E-state index in [1.165, 1.54) is 18.2 Å². The summed E-state index contributed by atoms with van der Waals surface area (Å²) in [5.74, 6) is 0.863. The van der Waals surface area contributed by atoms with Crippen LogP contribution in [-0.2, 0) is 19.7 Å². The maximum Gasteiger partial charge on any atom is 0.270 e. The van der Waals surface area contributed by atoms with E-state index in [2.05, 4.69) is 0 Å². The average molecular weight is 483 g/mol. The van der Waals surface area contributed by atoms with Crippen molar-refractivity contribution in [1.82, 2.24) is 4.90 Å². The number of hydrogen-bond acceptors (Lipinski definition) is 5. The summed E-state index contributed by atoms with van der Waals surface area (Å²) in [5.41, 5.74) is 2.97. The van der Waals surface area contributed by atoms with Crippen LogP contribution in [-0.4, -0.2) is 22.8 Å². The number of hydrogen-bond donors (Lipinski definition) is 0. The van der Waals surface area contributed by atoms with E-state index < -0.39 is 4.92 Å². The summed E-state index contributed by atoms with van der Waals surface area (Å²) in [6.45, 7) is 1.03. The SMILES string of the molecule is COc1cc(CN(Cc2ccccc2)C(=O)c2cccc([N+](=O)[O-])c2)ccc1OCc1ccccc1. The lowest BCUT2D eigenvalue weighted by Crippen LogP contribution is -2.30. The van der Waals surface area contributed by atoms with E-state index in [1.54, 1.807) is 18.1 Å². The van der Waals surface area contributed by atoms with Gasteiger partial charge in [0, 0.05) is 30.8 Å². The van der Waals surface area contributed by atoms with Crippen LogP contribution in [0.5, 0.6) is 11.5 Å². The molecule has 0 unspecified atom stereocenters. The molecule has 0 aliphatic carbocycles. The molecule has 7 nitrogen and oxygen atoms in total. The monoisotopic (exact) mass is 482 g/mol. The lowest BCUT2D eigenvalue weighted by molar-refractivity contribution is -0.384. The summed E-state index contributed by atoms with van der Waals surface area (Å²) < 4.78 is 11.5. The maximum atomic E-state index is 13.5. The molecule has 0 fully saturated rings. The Morgan fingerprint density at radius 2 is 1.44 bits per heavy atom. The van der Waals surface area contributed by atoms with Gasteiger partial charge in [0.15, 0.2) is 11.5 Å². The van der Waals surface area contributed by atoms with E-state index in [4.69, 9.17) is 9.47 Å². The molecule has 0 aromatic heterocycles. The van der Waals surface area contributed by atoms with Gasteiger partial charge >= 0.3 is 0 Å². The summed E-state index contributed by atoms with van der Waals surface area (Å²) in [5, 5.41) is 11.2. The molecule has 1 amide bonds. The first kappa shape index (κ1) is 24.5. The van der Waals surface area contributed by atoms with Gasteiger partial charge in [0.25, 0.3) is 11.6 Å². The van der Waals surface area contributed by atoms with Crippen LogP contribution in [0.3, 0.4) is 0 Å². The lowest BCUT2D eigenvalue weighted by atomic mass is 10.1. The molecule has 0 spiro atoms. The summed E-state index contributed by atoms with van der Waals surface area (Å²) in [6, 6.07) is 30.8. The second kappa shape index (κ2) is 11.7. The largest absolute Gasteiger partial charge is 0.493 e. The number of ether oxygens (including phenoxy) is 2. The summed E-state index contributed by atoms with van der Waals surface area (Å²) >= 11 is 0. The van der Waals surface area contributed by atoms with Crippen molar-refractivity contribution in [2.24, 2.45) is 0 Å². The Morgan fingerprint density at radius 3 is 2.11 bits per heavy atom. The van der Waals surface area contributed by atoms with Gasteiger partial charge in [-0.1, -0.05) is 72.8 Å².